The lowest BCUT2D eigenvalue weighted by Crippen LogP contribution is -2.64. The number of anilines is 4. The van der Waals surface area contributed by atoms with Gasteiger partial charge in [0.2, 0.25) is 0 Å². The van der Waals surface area contributed by atoms with Gasteiger partial charge in [0.15, 0.2) is 0 Å². The molecule has 2 nitrogen and oxygen atoms in total. The second kappa shape index (κ2) is 18.2. The van der Waals surface area contributed by atoms with Gasteiger partial charge in [-0.05, 0) is 207 Å². The first kappa shape index (κ1) is 51.4. The smallest absolute Gasteiger partial charge is 0.0594 e. The normalized spacial score (nSPS) is 22.3. The summed E-state index contributed by atoms with van der Waals surface area (Å²) in [6.07, 6.45) is 9.57. The molecule has 2 aliphatic carbocycles. The topological polar surface area (TPSA) is 6.48 Å². The summed E-state index contributed by atoms with van der Waals surface area (Å²) in [5.41, 5.74) is 18.2. The fourth-order valence-electron chi connectivity index (χ4n) is 19.0. The Hall–Kier alpha value is -8.20. The van der Waals surface area contributed by atoms with Crippen LogP contribution in [0.5, 0.6) is 0 Å². The molecular formula is C82H76N2. The molecule has 4 aliphatic rings. The molecular weight excluding hydrogens is 1010 g/mol. The first-order valence-corrected chi connectivity index (χ1v) is 31.4. The van der Waals surface area contributed by atoms with E-state index in [1.807, 2.05) is 0 Å². The second-order valence-corrected chi connectivity index (χ2v) is 28.2. The van der Waals surface area contributed by atoms with Gasteiger partial charge in [0, 0.05) is 33.6 Å². The number of rotatable bonds is 6. The van der Waals surface area contributed by atoms with Crippen molar-refractivity contribution in [3.8, 4) is 44.5 Å². The maximum Gasteiger partial charge on any atom is 0.0594 e. The highest BCUT2D eigenvalue weighted by Gasteiger charge is 2.66. The number of benzene rings is 12. The van der Waals surface area contributed by atoms with Crippen molar-refractivity contribution >= 4 is 76.6 Å². The molecule has 0 bridgehead atoms. The van der Waals surface area contributed by atoms with Crippen molar-refractivity contribution in [2.24, 2.45) is 10.8 Å². The highest BCUT2D eigenvalue weighted by molar-refractivity contribution is 6.33. The molecule has 12 aromatic carbocycles. The minimum absolute atomic E-state index is 0.00480. The maximum absolute atomic E-state index is 2.79. The number of hydrogen-bond acceptors (Lipinski definition) is 2. The Labute approximate surface area is 497 Å². The molecule has 0 spiro atoms. The molecule has 0 saturated heterocycles. The SMILES string of the molecule is CC(C)(C)C12CCCCC1(C)c1cc(-c3cc(-c4cccc5ccccc45)c4ccc5c(-c6ccc7c(c6)C6(C)CCCCC6(C(C)(C)C)N7c6ccccc6)cc(-c6cccc7ccccc67)c6ccc3c4c56)ccc1N2c1ccccc1. The third kappa shape index (κ3) is 6.80. The molecule has 84 heavy (non-hydrogen) atoms. The van der Waals surface area contributed by atoms with Crippen molar-refractivity contribution in [2.45, 2.75) is 129 Å². The van der Waals surface area contributed by atoms with Crippen molar-refractivity contribution < 1.29 is 0 Å². The van der Waals surface area contributed by atoms with Gasteiger partial charge in [-0.15, -0.1) is 0 Å². The predicted molar refractivity (Wildman–Crippen MR) is 360 cm³/mol. The standard InChI is InChI=1S/C82H76N2/c1-77(2,3)81-47-21-19-45-79(81,7)71-49-55(37-43-73(71)83(81)57-29-11-9-12-30-57)67-51-69(61-35-23-27-53-25-15-17-33-59(53)61)65-42-40-64-68(52-70(66-41-39-63(67)75(65)76(64)66)62-36-24-28-54-26-16-18-34-60(54)62)56-38-44-74-72(50-56)80(8)46-20-22-48-82(80,78(4,5)6)84(74)58-31-13-10-14-32-58/h9-18,23-44,49-52H,19-22,45-48H2,1-8H3. The Kier molecular flexibility index (Phi) is 11.1. The summed E-state index contributed by atoms with van der Waals surface area (Å²) in [4.78, 5) is 5.59. The van der Waals surface area contributed by atoms with E-state index in [2.05, 4.69) is 284 Å². The summed E-state index contributed by atoms with van der Waals surface area (Å²) >= 11 is 0. The Morgan fingerprint density at radius 3 is 1.07 bits per heavy atom. The van der Waals surface area contributed by atoms with Crippen LogP contribution in [0, 0.1) is 10.8 Å². The highest BCUT2D eigenvalue weighted by atomic mass is 15.3. The molecule has 12 aromatic rings. The fraction of sp³-hybridized carbons (Fsp3) is 0.268. The van der Waals surface area contributed by atoms with Gasteiger partial charge in [-0.3, -0.25) is 0 Å². The summed E-state index contributed by atoms with van der Waals surface area (Å²) in [7, 11) is 0. The molecule has 414 valence electrons. The average molecular weight is 1090 g/mol. The van der Waals surface area contributed by atoms with Crippen LogP contribution in [-0.2, 0) is 10.8 Å². The molecule has 16 rings (SSSR count). The number of fused-ring (bicyclic) bond motifs is 8. The summed E-state index contributed by atoms with van der Waals surface area (Å²) < 4.78 is 0. The van der Waals surface area contributed by atoms with E-state index < -0.39 is 0 Å². The molecule has 2 aliphatic heterocycles. The lowest BCUT2D eigenvalue weighted by atomic mass is 9.52. The van der Waals surface area contributed by atoms with Gasteiger partial charge in [-0.25, -0.2) is 0 Å². The number of para-hydroxylation sites is 2. The lowest BCUT2D eigenvalue weighted by molar-refractivity contribution is 0.0607. The van der Waals surface area contributed by atoms with E-state index in [9.17, 15) is 0 Å². The summed E-state index contributed by atoms with van der Waals surface area (Å²) in [5.74, 6) is 0. The quantitative estimate of drug-likeness (QED) is 0.153. The van der Waals surface area contributed by atoms with E-state index in [-0.39, 0.29) is 32.7 Å². The van der Waals surface area contributed by atoms with Crippen LogP contribution in [0.25, 0.3) is 98.4 Å². The predicted octanol–water partition coefficient (Wildman–Crippen LogP) is 23.1. The van der Waals surface area contributed by atoms with Gasteiger partial charge in [0.25, 0.3) is 0 Å². The zero-order valence-electron chi connectivity index (χ0n) is 50.3. The van der Waals surface area contributed by atoms with Crippen LogP contribution in [0.15, 0.2) is 218 Å². The zero-order valence-corrected chi connectivity index (χ0v) is 50.3. The molecule has 2 saturated carbocycles. The monoisotopic (exact) mass is 1090 g/mol. The Bertz CT molecular complexity index is 4330. The van der Waals surface area contributed by atoms with Crippen LogP contribution in [-0.4, -0.2) is 11.1 Å². The van der Waals surface area contributed by atoms with Crippen molar-refractivity contribution in [2.75, 3.05) is 9.80 Å². The van der Waals surface area contributed by atoms with E-state index in [4.69, 9.17) is 0 Å². The van der Waals surface area contributed by atoms with Crippen molar-refractivity contribution in [3.63, 3.8) is 0 Å². The third-order valence-electron chi connectivity index (χ3n) is 22.4. The van der Waals surface area contributed by atoms with Gasteiger partial charge >= 0.3 is 0 Å². The Balaban J connectivity index is 1.01. The van der Waals surface area contributed by atoms with E-state index in [0.717, 1.165) is 25.7 Å². The van der Waals surface area contributed by atoms with E-state index >= 15 is 0 Å². The first-order chi connectivity index (χ1) is 40.7. The van der Waals surface area contributed by atoms with Crippen LogP contribution in [0.3, 0.4) is 0 Å². The largest absolute Gasteiger partial charge is 0.334 e. The van der Waals surface area contributed by atoms with Crippen molar-refractivity contribution in [3.05, 3.63) is 230 Å². The Morgan fingerprint density at radius 2 is 0.667 bits per heavy atom. The number of hydrogen-bond donors (Lipinski definition) is 0. The molecule has 2 heteroatoms. The van der Waals surface area contributed by atoms with Gasteiger partial charge in [-0.1, -0.05) is 239 Å². The van der Waals surface area contributed by atoms with Crippen LogP contribution >= 0.6 is 0 Å². The zero-order chi connectivity index (χ0) is 57.1. The van der Waals surface area contributed by atoms with Crippen molar-refractivity contribution in [1.82, 2.24) is 0 Å². The van der Waals surface area contributed by atoms with E-state index in [1.54, 1.807) is 0 Å². The van der Waals surface area contributed by atoms with Crippen LogP contribution in [0.1, 0.15) is 118 Å². The van der Waals surface area contributed by atoms with Gasteiger partial charge < -0.3 is 9.80 Å². The maximum atomic E-state index is 2.79. The minimum atomic E-state index is -0.105. The van der Waals surface area contributed by atoms with Crippen LogP contribution in [0.2, 0.25) is 0 Å². The Morgan fingerprint density at radius 1 is 0.310 bits per heavy atom. The lowest BCUT2D eigenvalue weighted by Gasteiger charge is -2.59. The number of nitrogens with zero attached hydrogens (tertiary/aromatic N) is 2. The molecule has 2 heterocycles. The summed E-state index contributed by atoms with van der Waals surface area (Å²) in [6.45, 7) is 20.3. The fourth-order valence-corrected chi connectivity index (χ4v) is 19.0. The molecule has 0 aromatic heterocycles. The summed E-state index contributed by atoms with van der Waals surface area (Å²) in [5, 5.41) is 13.0. The summed E-state index contributed by atoms with van der Waals surface area (Å²) in [6, 6.07) is 84.9. The minimum Gasteiger partial charge on any atom is -0.334 e. The second-order valence-electron chi connectivity index (χ2n) is 28.2. The average Bonchev–Trinajstić information content (AvgIpc) is 1.52. The molecule has 0 N–H and O–H groups in total. The first-order valence-electron chi connectivity index (χ1n) is 31.4. The van der Waals surface area contributed by atoms with E-state index in [1.165, 1.54) is 158 Å². The van der Waals surface area contributed by atoms with Crippen LogP contribution < -0.4 is 9.80 Å². The van der Waals surface area contributed by atoms with Gasteiger partial charge in [0.05, 0.1) is 11.1 Å². The van der Waals surface area contributed by atoms with Gasteiger partial charge in [0.1, 0.15) is 0 Å². The molecule has 4 atom stereocenters. The van der Waals surface area contributed by atoms with Crippen LogP contribution in [0.4, 0.5) is 22.7 Å². The highest BCUT2D eigenvalue weighted by Crippen LogP contribution is 2.69. The van der Waals surface area contributed by atoms with Gasteiger partial charge in [-0.2, -0.15) is 0 Å². The third-order valence-corrected chi connectivity index (χ3v) is 22.4. The molecule has 2 fully saturated rings. The molecule has 0 radical (unpaired) electrons. The van der Waals surface area contributed by atoms with Crippen molar-refractivity contribution in [1.29, 1.82) is 0 Å². The molecule has 0 amide bonds. The van der Waals surface area contributed by atoms with E-state index in [0.29, 0.717) is 0 Å². The molecule has 4 unspecified atom stereocenters.